The van der Waals surface area contributed by atoms with E-state index < -0.39 is 0 Å². The number of halogens is 1. The Bertz CT molecular complexity index is 599. The molecule has 0 aliphatic carbocycles. The minimum absolute atomic E-state index is 0.0796. The summed E-state index contributed by atoms with van der Waals surface area (Å²) in [4.78, 5) is 12.3. The molecule has 0 bridgehead atoms. The van der Waals surface area contributed by atoms with E-state index >= 15 is 0 Å². The lowest BCUT2D eigenvalue weighted by atomic mass is 10.1. The van der Waals surface area contributed by atoms with Gasteiger partial charge in [-0.3, -0.25) is 4.79 Å². The van der Waals surface area contributed by atoms with Crippen LogP contribution in [-0.2, 0) is 0 Å². The van der Waals surface area contributed by atoms with Gasteiger partial charge in [-0.2, -0.15) is 0 Å². The van der Waals surface area contributed by atoms with Gasteiger partial charge in [-0.1, -0.05) is 41.9 Å². The zero-order chi connectivity index (χ0) is 14.5. The minimum Gasteiger partial charge on any atom is -0.496 e. The molecule has 1 amide bonds. The van der Waals surface area contributed by atoms with Gasteiger partial charge in [-0.25, -0.2) is 0 Å². The highest BCUT2D eigenvalue weighted by molar-refractivity contribution is 6.30. The molecule has 0 heterocycles. The number of nitrogens with one attached hydrogen (secondary N) is 1. The fourth-order valence-electron chi connectivity index (χ4n) is 1.95. The summed E-state index contributed by atoms with van der Waals surface area (Å²) in [5.41, 5.74) is 1.52. The smallest absolute Gasteiger partial charge is 0.255 e. The zero-order valence-electron chi connectivity index (χ0n) is 11.4. The predicted octanol–water partition coefficient (Wildman–Crippen LogP) is 3.84. The Morgan fingerprint density at radius 2 is 1.90 bits per heavy atom. The third-order valence-corrected chi connectivity index (χ3v) is 3.29. The number of hydrogen-bond acceptors (Lipinski definition) is 2. The van der Waals surface area contributed by atoms with Crippen LogP contribution in [0.3, 0.4) is 0 Å². The fraction of sp³-hybridized carbons (Fsp3) is 0.188. The molecule has 0 radical (unpaired) electrons. The molecule has 1 N–H and O–H groups in total. The lowest BCUT2D eigenvalue weighted by molar-refractivity contribution is 0.0937. The van der Waals surface area contributed by atoms with E-state index in [4.69, 9.17) is 16.3 Å². The van der Waals surface area contributed by atoms with Crippen LogP contribution in [0.4, 0.5) is 0 Å². The molecule has 0 unspecified atom stereocenters. The van der Waals surface area contributed by atoms with Gasteiger partial charge in [0.2, 0.25) is 0 Å². The predicted molar refractivity (Wildman–Crippen MR) is 80.3 cm³/mol. The van der Waals surface area contributed by atoms with Crippen LogP contribution >= 0.6 is 11.6 Å². The molecule has 3 nitrogen and oxygen atoms in total. The summed E-state index contributed by atoms with van der Waals surface area (Å²) < 4.78 is 5.19. The van der Waals surface area contributed by atoms with Crippen molar-refractivity contribution in [2.45, 2.75) is 13.0 Å². The van der Waals surface area contributed by atoms with E-state index in [1.54, 1.807) is 18.2 Å². The highest BCUT2D eigenvalue weighted by atomic mass is 35.5. The first kappa shape index (κ1) is 14.4. The third-order valence-electron chi connectivity index (χ3n) is 3.06. The first-order valence-electron chi connectivity index (χ1n) is 6.31. The molecule has 20 heavy (non-hydrogen) atoms. The first-order valence-corrected chi connectivity index (χ1v) is 6.69. The maximum atomic E-state index is 12.3. The van der Waals surface area contributed by atoms with Gasteiger partial charge in [0.25, 0.3) is 5.91 Å². The van der Waals surface area contributed by atoms with Crippen LogP contribution in [0.15, 0.2) is 48.5 Å². The van der Waals surface area contributed by atoms with Gasteiger partial charge in [0.1, 0.15) is 5.75 Å². The van der Waals surface area contributed by atoms with Gasteiger partial charge in [0, 0.05) is 5.02 Å². The number of carbonyl (C=O) groups excluding carboxylic acids is 1. The Hall–Kier alpha value is -2.00. The number of methoxy groups -OCH3 is 1. The van der Waals surface area contributed by atoms with Crippen molar-refractivity contribution in [1.29, 1.82) is 0 Å². The molecule has 2 rings (SSSR count). The first-order chi connectivity index (χ1) is 9.61. The summed E-state index contributed by atoms with van der Waals surface area (Å²) in [5, 5.41) is 3.48. The maximum Gasteiger partial charge on any atom is 0.255 e. The average Bonchev–Trinajstić information content (AvgIpc) is 2.47. The molecule has 0 aliphatic rings. The second kappa shape index (κ2) is 6.44. The molecule has 1 atom stereocenters. The molecule has 0 saturated carbocycles. The Kier molecular flexibility index (Phi) is 4.64. The van der Waals surface area contributed by atoms with E-state index in [0.717, 1.165) is 5.56 Å². The third kappa shape index (κ3) is 3.31. The number of amides is 1. The maximum absolute atomic E-state index is 12.3. The van der Waals surface area contributed by atoms with Crippen molar-refractivity contribution in [3.63, 3.8) is 0 Å². The Labute approximate surface area is 123 Å². The van der Waals surface area contributed by atoms with Gasteiger partial charge < -0.3 is 10.1 Å². The lowest BCUT2D eigenvalue weighted by Gasteiger charge is -2.15. The van der Waals surface area contributed by atoms with Gasteiger partial charge in [0.05, 0.1) is 18.7 Å². The Morgan fingerprint density at radius 1 is 1.20 bits per heavy atom. The van der Waals surface area contributed by atoms with Crippen LogP contribution in [0.2, 0.25) is 5.02 Å². The summed E-state index contributed by atoms with van der Waals surface area (Å²) in [6, 6.07) is 14.7. The summed E-state index contributed by atoms with van der Waals surface area (Å²) in [5.74, 6) is 0.283. The second-order valence-corrected chi connectivity index (χ2v) is 4.89. The molecule has 0 spiro atoms. The van der Waals surface area contributed by atoms with Gasteiger partial charge in [-0.05, 0) is 30.7 Å². The molecular formula is C16H16ClNO2. The van der Waals surface area contributed by atoms with Crippen LogP contribution < -0.4 is 10.1 Å². The molecule has 0 aliphatic heterocycles. The van der Waals surface area contributed by atoms with Crippen LogP contribution in [0, 0.1) is 0 Å². The molecule has 2 aromatic rings. The zero-order valence-corrected chi connectivity index (χ0v) is 12.1. The highest BCUT2D eigenvalue weighted by Crippen LogP contribution is 2.24. The molecule has 0 fully saturated rings. The summed E-state index contributed by atoms with van der Waals surface area (Å²) >= 11 is 5.89. The summed E-state index contributed by atoms with van der Waals surface area (Å²) in [7, 11) is 1.52. The minimum atomic E-state index is -0.185. The summed E-state index contributed by atoms with van der Waals surface area (Å²) in [6.07, 6.45) is 0. The summed E-state index contributed by atoms with van der Waals surface area (Å²) in [6.45, 7) is 1.94. The van der Waals surface area contributed by atoms with Crippen molar-refractivity contribution in [1.82, 2.24) is 5.32 Å². The van der Waals surface area contributed by atoms with Crippen LogP contribution in [0.1, 0.15) is 28.9 Å². The van der Waals surface area contributed by atoms with Gasteiger partial charge in [-0.15, -0.1) is 0 Å². The number of carbonyl (C=O) groups is 1. The second-order valence-electron chi connectivity index (χ2n) is 4.45. The van der Waals surface area contributed by atoms with Crippen LogP contribution in [-0.4, -0.2) is 13.0 Å². The monoisotopic (exact) mass is 289 g/mol. The molecule has 0 aromatic heterocycles. The van der Waals surface area contributed by atoms with Crippen LogP contribution in [0.5, 0.6) is 5.75 Å². The highest BCUT2D eigenvalue weighted by Gasteiger charge is 2.15. The average molecular weight is 290 g/mol. The SMILES string of the molecule is COc1cc(Cl)ccc1C(=O)N[C@H](C)c1ccccc1. The molecule has 104 valence electrons. The van der Waals surface area contributed by atoms with Crippen molar-refractivity contribution in [2.75, 3.05) is 7.11 Å². The van der Waals surface area contributed by atoms with E-state index in [0.29, 0.717) is 16.3 Å². The van der Waals surface area contributed by atoms with E-state index in [1.807, 2.05) is 37.3 Å². The molecular weight excluding hydrogens is 274 g/mol. The van der Waals surface area contributed by atoms with Crippen molar-refractivity contribution in [3.05, 3.63) is 64.7 Å². The van der Waals surface area contributed by atoms with E-state index in [9.17, 15) is 4.79 Å². The standard InChI is InChI=1S/C16H16ClNO2/c1-11(12-6-4-3-5-7-12)18-16(19)14-9-8-13(17)10-15(14)20-2/h3-11H,1-2H3,(H,18,19)/t11-/m1/s1. The number of rotatable bonds is 4. The molecule has 2 aromatic carbocycles. The van der Waals surface area contributed by atoms with Gasteiger partial charge >= 0.3 is 0 Å². The lowest BCUT2D eigenvalue weighted by Crippen LogP contribution is -2.27. The largest absolute Gasteiger partial charge is 0.496 e. The number of benzene rings is 2. The van der Waals surface area contributed by atoms with Gasteiger partial charge in [0.15, 0.2) is 0 Å². The molecule has 4 heteroatoms. The quantitative estimate of drug-likeness (QED) is 0.929. The van der Waals surface area contributed by atoms with Crippen molar-refractivity contribution in [3.8, 4) is 5.75 Å². The Balaban J connectivity index is 2.16. The van der Waals surface area contributed by atoms with Crippen LogP contribution in [0.25, 0.3) is 0 Å². The van der Waals surface area contributed by atoms with Crippen molar-refractivity contribution in [2.24, 2.45) is 0 Å². The Morgan fingerprint density at radius 3 is 2.55 bits per heavy atom. The number of hydrogen-bond donors (Lipinski definition) is 1. The fourth-order valence-corrected chi connectivity index (χ4v) is 2.11. The normalized spacial score (nSPS) is 11.8. The topological polar surface area (TPSA) is 38.3 Å². The number of ether oxygens (including phenoxy) is 1. The van der Waals surface area contributed by atoms with Crippen molar-refractivity contribution < 1.29 is 9.53 Å². The van der Waals surface area contributed by atoms with E-state index in [1.165, 1.54) is 7.11 Å². The molecule has 0 saturated heterocycles. The van der Waals surface area contributed by atoms with E-state index in [2.05, 4.69) is 5.32 Å². The van der Waals surface area contributed by atoms with Crippen molar-refractivity contribution >= 4 is 17.5 Å². The van der Waals surface area contributed by atoms with E-state index in [-0.39, 0.29) is 11.9 Å².